The van der Waals surface area contributed by atoms with E-state index >= 15 is 0 Å². The second-order valence-corrected chi connectivity index (χ2v) is 6.06. The Hall–Kier alpha value is -1.55. The van der Waals surface area contributed by atoms with Crippen molar-refractivity contribution in [2.24, 2.45) is 11.1 Å². The summed E-state index contributed by atoms with van der Waals surface area (Å²) in [7, 11) is 5.91. The minimum absolute atomic E-state index is 0.197. The van der Waals surface area contributed by atoms with E-state index in [1.165, 1.54) is 5.69 Å². The van der Waals surface area contributed by atoms with Crippen LogP contribution in [0.15, 0.2) is 24.3 Å². The first-order chi connectivity index (χ1) is 9.48. The molecule has 1 saturated carbocycles. The number of carbonyl (C=O) groups excluding carboxylic acids is 1. The Labute approximate surface area is 121 Å². The molecule has 0 atom stereocenters. The third kappa shape index (κ3) is 2.80. The van der Waals surface area contributed by atoms with Crippen molar-refractivity contribution in [2.45, 2.75) is 25.8 Å². The lowest BCUT2D eigenvalue weighted by atomic mass is 9.68. The molecule has 4 nitrogen and oxygen atoms in total. The normalized spacial score (nSPS) is 16.4. The van der Waals surface area contributed by atoms with Crippen molar-refractivity contribution >= 4 is 11.6 Å². The number of carbonyl (C=O) groups is 1. The van der Waals surface area contributed by atoms with E-state index < -0.39 is 0 Å². The molecule has 20 heavy (non-hydrogen) atoms. The van der Waals surface area contributed by atoms with Gasteiger partial charge in [0.2, 0.25) is 5.91 Å². The molecule has 2 N–H and O–H groups in total. The summed E-state index contributed by atoms with van der Waals surface area (Å²) >= 11 is 0. The molecule has 0 heterocycles. The van der Waals surface area contributed by atoms with E-state index in [-0.39, 0.29) is 11.3 Å². The molecule has 4 heteroatoms. The van der Waals surface area contributed by atoms with Gasteiger partial charge in [0, 0.05) is 39.9 Å². The molecular formula is C16H25N3O. The van der Waals surface area contributed by atoms with E-state index in [0.29, 0.717) is 13.1 Å². The lowest BCUT2D eigenvalue weighted by Gasteiger charge is -2.41. The Morgan fingerprint density at radius 2 is 1.80 bits per heavy atom. The van der Waals surface area contributed by atoms with Crippen molar-refractivity contribution in [3.05, 3.63) is 29.8 Å². The van der Waals surface area contributed by atoms with Crippen LogP contribution in [0.5, 0.6) is 0 Å². The molecule has 0 spiro atoms. The molecule has 0 saturated heterocycles. The molecule has 0 aliphatic heterocycles. The highest BCUT2D eigenvalue weighted by Crippen LogP contribution is 2.41. The highest BCUT2D eigenvalue weighted by atomic mass is 16.2. The summed E-state index contributed by atoms with van der Waals surface area (Å²) in [4.78, 5) is 16.4. The van der Waals surface area contributed by atoms with Gasteiger partial charge in [-0.15, -0.1) is 0 Å². The summed E-state index contributed by atoms with van der Waals surface area (Å²) in [5, 5.41) is 0. The van der Waals surface area contributed by atoms with Crippen LogP contribution in [0, 0.1) is 5.41 Å². The first-order valence-corrected chi connectivity index (χ1v) is 7.20. The smallest absolute Gasteiger partial charge is 0.230 e. The van der Waals surface area contributed by atoms with Gasteiger partial charge < -0.3 is 15.5 Å². The summed E-state index contributed by atoms with van der Waals surface area (Å²) in [5.41, 5.74) is 7.84. The predicted molar refractivity (Wildman–Crippen MR) is 82.6 cm³/mol. The molecule has 1 fully saturated rings. The fourth-order valence-electron chi connectivity index (χ4n) is 2.76. The van der Waals surface area contributed by atoms with Gasteiger partial charge in [0.25, 0.3) is 0 Å². The van der Waals surface area contributed by atoms with E-state index in [9.17, 15) is 4.79 Å². The van der Waals surface area contributed by atoms with Gasteiger partial charge in [-0.25, -0.2) is 0 Å². The van der Waals surface area contributed by atoms with Gasteiger partial charge >= 0.3 is 0 Å². The topological polar surface area (TPSA) is 49.6 Å². The second-order valence-electron chi connectivity index (χ2n) is 6.06. The van der Waals surface area contributed by atoms with Crippen LogP contribution in [-0.4, -0.2) is 38.5 Å². The van der Waals surface area contributed by atoms with Crippen LogP contribution in [0.25, 0.3) is 0 Å². The number of benzene rings is 1. The van der Waals surface area contributed by atoms with E-state index in [4.69, 9.17) is 5.73 Å². The van der Waals surface area contributed by atoms with Crippen LogP contribution in [0.2, 0.25) is 0 Å². The number of hydrogen-bond acceptors (Lipinski definition) is 3. The molecule has 0 aromatic heterocycles. The number of nitrogens with zero attached hydrogens (tertiary/aromatic N) is 2. The molecule has 2 rings (SSSR count). The highest BCUT2D eigenvalue weighted by Gasteiger charge is 2.44. The van der Waals surface area contributed by atoms with E-state index in [1.807, 2.05) is 26.0 Å². The fourth-order valence-corrected chi connectivity index (χ4v) is 2.76. The predicted octanol–water partition coefficient (Wildman–Crippen LogP) is 1.84. The molecule has 0 unspecified atom stereocenters. The zero-order valence-corrected chi connectivity index (χ0v) is 12.7. The molecule has 1 aromatic rings. The Balaban J connectivity index is 2.00. The van der Waals surface area contributed by atoms with Crippen molar-refractivity contribution in [1.29, 1.82) is 0 Å². The number of hydrogen-bond donors (Lipinski definition) is 1. The van der Waals surface area contributed by atoms with Crippen LogP contribution in [0.1, 0.15) is 24.8 Å². The third-order valence-corrected chi connectivity index (χ3v) is 4.37. The van der Waals surface area contributed by atoms with E-state index in [0.717, 1.165) is 24.8 Å². The minimum atomic E-state index is -0.279. The van der Waals surface area contributed by atoms with Crippen molar-refractivity contribution < 1.29 is 4.79 Å². The monoisotopic (exact) mass is 275 g/mol. The van der Waals surface area contributed by atoms with Crippen LogP contribution in [0.3, 0.4) is 0 Å². The van der Waals surface area contributed by atoms with Gasteiger partial charge in [-0.05, 0) is 30.5 Å². The maximum absolute atomic E-state index is 12.5. The van der Waals surface area contributed by atoms with Crippen LogP contribution in [0.4, 0.5) is 5.69 Å². The molecule has 0 bridgehead atoms. The van der Waals surface area contributed by atoms with Crippen molar-refractivity contribution in [2.75, 3.05) is 32.6 Å². The Kier molecular flexibility index (Phi) is 4.33. The standard InChI is InChI=1S/C16H25N3O/c1-18(2)14-7-5-13(6-8-14)11-19(3)15(20)16(12-17)9-4-10-16/h5-8H,4,9-12,17H2,1-3H3. The minimum Gasteiger partial charge on any atom is -0.378 e. The van der Waals surface area contributed by atoms with Crippen molar-refractivity contribution in [1.82, 2.24) is 4.90 Å². The average molecular weight is 275 g/mol. The molecular weight excluding hydrogens is 250 g/mol. The highest BCUT2D eigenvalue weighted by molar-refractivity contribution is 5.83. The van der Waals surface area contributed by atoms with Crippen molar-refractivity contribution in [3.63, 3.8) is 0 Å². The number of anilines is 1. The Bertz CT molecular complexity index is 458. The number of rotatable bonds is 5. The molecule has 110 valence electrons. The molecule has 1 aliphatic carbocycles. The average Bonchev–Trinajstić information content (AvgIpc) is 2.38. The van der Waals surface area contributed by atoms with Gasteiger partial charge in [0.15, 0.2) is 0 Å². The van der Waals surface area contributed by atoms with E-state index in [1.54, 1.807) is 0 Å². The summed E-state index contributed by atoms with van der Waals surface area (Å²) in [5.74, 6) is 0.197. The fraction of sp³-hybridized carbons (Fsp3) is 0.562. The van der Waals surface area contributed by atoms with Crippen LogP contribution < -0.4 is 10.6 Å². The first kappa shape index (κ1) is 14.9. The molecule has 1 amide bonds. The van der Waals surface area contributed by atoms with Gasteiger partial charge in [-0.3, -0.25) is 4.79 Å². The maximum Gasteiger partial charge on any atom is 0.230 e. The van der Waals surface area contributed by atoms with E-state index in [2.05, 4.69) is 29.2 Å². The summed E-state index contributed by atoms with van der Waals surface area (Å²) in [6, 6.07) is 8.31. The zero-order chi connectivity index (χ0) is 14.8. The first-order valence-electron chi connectivity index (χ1n) is 7.20. The van der Waals surface area contributed by atoms with Gasteiger partial charge in [-0.2, -0.15) is 0 Å². The van der Waals surface area contributed by atoms with Gasteiger partial charge in [0.1, 0.15) is 0 Å². The lowest BCUT2D eigenvalue weighted by molar-refractivity contribution is -0.145. The SMILES string of the molecule is CN(Cc1ccc(N(C)C)cc1)C(=O)C1(CN)CCC1. The van der Waals surface area contributed by atoms with Crippen molar-refractivity contribution in [3.8, 4) is 0 Å². The quantitative estimate of drug-likeness (QED) is 0.892. The number of amides is 1. The molecule has 1 aliphatic rings. The summed E-state index contributed by atoms with van der Waals surface area (Å²) in [6.07, 6.45) is 2.99. The van der Waals surface area contributed by atoms with Crippen LogP contribution in [-0.2, 0) is 11.3 Å². The maximum atomic E-state index is 12.5. The molecule has 1 aromatic carbocycles. The lowest BCUT2D eigenvalue weighted by Crippen LogP contribution is -2.50. The van der Waals surface area contributed by atoms with Gasteiger partial charge in [0.05, 0.1) is 5.41 Å². The second kappa shape index (κ2) is 5.83. The zero-order valence-electron chi connectivity index (χ0n) is 12.7. The Morgan fingerprint density at radius 1 is 1.20 bits per heavy atom. The summed E-state index contributed by atoms with van der Waals surface area (Å²) in [6.45, 7) is 1.12. The summed E-state index contributed by atoms with van der Waals surface area (Å²) < 4.78 is 0. The van der Waals surface area contributed by atoms with Gasteiger partial charge in [-0.1, -0.05) is 18.6 Å². The third-order valence-electron chi connectivity index (χ3n) is 4.37. The number of nitrogens with two attached hydrogens (primary N) is 1. The Morgan fingerprint density at radius 3 is 2.20 bits per heavy atom. The van der Waals surface area contributed by atoms with Crippen LogP contribution >= 0.6 is 0 Å². The largest absolute Gasteiger partial charge is 0.378 e. The molecule has 0 radical (unpaired) electrons.